The molecule has 9 nitrogen and oxygen atoms in total. The smallest absolute Gasteiger partial charge is 0.242 e. The van der Waals surface area contributed by atoms with E-state index in [2.05, 4.69) is 15.1 Å². The summed E-state index contributed by atoms with van der Waals surface area (Å²) in [7, 11) is 1.64. The number of piperazine rings is 1. The molecule has 0 atom stereocenters. The van der Waals surface area contributed by atoms with Crippen molar-refractivity contribution in [2.45, 2.75) is 13.0 Å². The van der Waals surface area contributed by atoms with Gasteiger partial charge in [-0.1, -0.05) is 42.5 Å². The van der Waals surface area contributed by atoms with E-state index < -0.39 is 0 Å². The molecule has 5 rings (SSSR count). The van der Waals surface area contributed by atoms with E-state index in [1.54, 1.807) is 29.2 Å². The average Bonchev–Trinajstić information content (AvgIpc) is 3.51. The molecule has 0 saturated carbocycles. The number of hydrogen-bond donors (Lipinski definition) is 0. The molecule has 1 saturated heterocycles. The van der Waals surface area contributed by atoms with E-state index in [9.17, 15) is 9.59 Å². The molecule has 1 aliphatic rings. The summed E-state index contributed by atoms with van der Waals surface area (Å²) in [4.78, 5) is 31.9. The van der Waals surface area contributed by atoms with Crippen LogP contribution < -0.4 is 9.64 Å². The summed E-state index contributed by atoms with van der Waals surface area (Å²) in [5.41, 5.74) is 2.61. The first-order chi connectivity index (χ1) is 19.1. The molecule has 2 amide bonds. The number of amides is 2. The summed E-state index contributed by atoms with van der Waals surface area (Å²) in [6.45, 7) is 2.60. The van der Waals surface area contributed by atoms with Gasteiger partial charge in [0, 0.05) is 31.7 Å². The third-order valence-corrected chi connectivity index (χ3v) is 6.78. The van der Waals surface area contributed by atoms with Gasteiger partial charge in [-0.25, -0.2) is 0 Å². The van der Waals surface area contributed by atoms with Crippen molar-refractivity contribution in [3.05, 3.63) is 96.4 Å². The van der Waals surface area contributed by atoms with Gasteiger partial charge in [-0.3, -0.25) is 9.59 Å². The molecule has 9 heteroatoms. The van der Waals surface area contributed by atoms with Gasteiger partial charge in [0.25, 0.3) is 0 Å². The predicted octanol–water partition coefficient (Wildman–Crippen LogP) is 3.67. The quantitative estimate of drug-likeness (QED) is 0.329. The van der Waals surface area contributed by atoms with E-state index in [0.29, 0.717) is 31.9 Å². The van der Waals surface area contributed by atoms with Gasteiger partial charge < -0.3 is 23.9 Å². The van der Waals surface area contributed by atoms with Gasteiger partial charge in [0.05, 0.1) is 32.0 Å². The second-order valence-corrected chi connectivity index (χ2v) is 9.37. The Hall–Kier alpha value is -4.66. The van der Waals surface area contributed by atoms with Crippen LogP contribution in [0.3, 0.4) is 0 Å². The lowest BCUT2D eigenvalue weighted by Gasteiger charge is -2.36. The summed E-state index contributed by atoms with van der Waals surface area (Å²) in [6.07, 6.45) is 1.80. The third-order valence-electron chi connectivity index (χ3n) is 6.78. The van der Waals surface area contributed by atoms with Crippen molar-refractivity contribution < 1.29 is 18.7 Å². The van der Waals surface area contributed by atoms with Gasteiger partial charge >= 0.3 is 0 Å². The lowest BCUT2D eigenvalue weighted by atomic mass is 10.1. The van der Waals surface area contributed by atoms with Crippen LogP contribution in [0.5, 0.6) is 5.75 Å². The summed E-state index contributed by atoms with van der Waals surface area (Å²) >= 11 is 0. The third kappa shape index (κ3) is 6.62. The zero-order valence-electron chi connectivity index (χ0n) is 21.9. The van der Waals surface area contributed by atoms with Crippen LogP contribution in [-0.4, -0.2) is 71.6 Å². The number of aromatic nitrogens is 2. The van der Waals surface area contributed by atoms with Gasteiger partial charge in [0.15, 0.2) is 5.82 Å². The van der Waals surface area contributed by atoms with E-state index in [4.69, 9.17) is 9.15 Å². The van der Waals surface area contributed by atoms with Gasteiger partial charge in [0.1, 0.15) is 18.1 Å². The van der Waals surface area contributed by atoms with Crippen LogP contribution in [0.4, 0.5) is 5.82 Å². The van der Waals surface area contributed by atoms with Crippen molar-refractivity contribution in [3.8, 4) is 17.0 Å². The Morgan fingerprint density at radius 2 is 1.74 bits per heavy atom. The van der Waals surface area contributed by atoms with Crippen LogP contribution in [0.1, 0.15) is 11.3 Å². The molecule has 200 valence electrons. The number of carbonyl (C=O) groups is 2. The second kappa shape index (κ2) is 12.3. The van der Waals surface area contributed by atoms with E-state index in [1.807, 2.05) is 72.8 Å². The fraction of sp³-hybridized carbons (Fsp3) is 0.267. The van der Waals surface area contributed by atoms with E-state index in [1.165, 1.54) is 0 Å². The van der Waals surface area contributed by atoms with Gasteiger partial charge in [0.2, 0.25) is 11.8 Å². The number of furan rings is 1. The Morgan fingerprint density at radius 1 is 0.923 bits per heavy atom. The fourth-order valence-electron chi connectivity index (χ4n) is 4.58. The Kier molecular flexibility index (Phi) is 8.16. The topological polar surface area (TPSA) is 92.0 Å². The number of hydrogen-bond acceptors (Lipinski definition) is 7. The van der Waals surface area contributed by atoms with Crippen molar-refractivity contribution in [1.29, 1.82) is 0 Å². The standard InChI is InChI=1S/C30H31N5O4/c1-38-25-10-5-9-24(20-25)27-12-13-28(32-31-27)33-14-16-34(17-15-33)30(37)22-35(21-26-11-6-18-39-26)29(36)19-23-7-3-2-4-8-23/h2-13,18,20H,14-17,19,21-22H2,1H3. The number of carbonyl (C=O) groups excluding carboxylic acids is 2. The average molecular weight is 526 g/mol. The van der Waals surface area contributed by atoms with Gasteiger partial charge in [-0.15, -0.1) is 10.2 Å². The van der Waals surface area contributed by atoms with Crippen molar-refractivity contribution in [2.75, 3.05) is 44.7 Å². The van der Waals surface area contributed by atoms with Crippen LogP contribution >= 0.6 is 0 Å². The first-order valence-corrected chi connectivity index (χ1v) is 12.9. The van der Waals surface area contributed by atoms with Crippen LogP contribution in [0.2, 0.25) is 0 Å². The summed E-state index contributed by atoms with van der Waals surface area (Å²) in [5.74, 6) is 1.98. The lowest BCUT2D eigenvalue weighted by Crippen LogP contribution is -2.52. The maximum Gasteiger partial charge on any atom is 0.242 e. The molecule has 0 aliphatic carbocycles. The van der Waals surface area contributed by atoms with Gasteiger partial charge in [-0.2, -0.15) is 0 Å². The minimum absolute atomic E-state index is 0.00140. The summed E-state index contributed by atoms with van der Waals surface area (Å²) in [6, 6.07) is 24.7. The number of benzene rings is 2. The molecule has 0 unspecified atom stereocenters. The molecule has 2 aromatic carbocycles. The normalized spacial score (nSPS) is 13.3. The minimum Gasteiger partial charge on any atom is -0.497 e. The van der Waals surface area contributed by atoms with Crippen LogP contribution in [0.15, 0.2) is 89.5 Å². The Morgan fingerprint density at radius 3 is 2.44 bits per heavy atom. The summed E-state index contributed by atoms with van der Waals surface area (Å²) in [5, 5.41) is 8.83. The number of ether oxygens (including phenoxy) is 1. The monoisotopic (exact) mass is 525 g/mol. The Bertz CT molecular complexity index is 1370. The van der Waals surface area contributed by atoms with Crippen LogP contribution in [-0.2, 0) is 22.6 Å². The molecule has 0 radical (unpaired) electrons. The molecule has 1 aliphatic heterocycles. The fourth-order valence-corrected chi connectivity index (χ4v) is 4.58. The second-order valence-electron chi connectivity index (χ2n) is 9.37. The molecule has 4 aromatic rings. The van der Waals surface area contributed by atoms with Gasteiger partial charge in [-0.05, 0) is 42.0 Å². The first-order valence-electron chi connectivity index (χ1n) is 12.9. The number of nitrogens with zero attached hydrogens (tertiary/aromatic N) is 5. The van der Waals surface area contributed by atoms with Crippen LogP contribution in [0, 0.1) is 0 Å². The lowest BCUT2D eigenvalue weighted by molar-refractivity contribution is -0.141. The number of methoxy groups -OCH3 is 1. The zero-order chi connectivity index (χ0) is 27.0. The molecule has 0 N–H and O–H groups in total. The zero-order valence-corrected chi connectivity index (χ0v) is 21.9. The SMILES string of the molecule is COc1cccc(-c2ccc(N3CCN(C(=O)CN(Cc4ccco4)C(=O)Cc4ccccc4)CC3)nn2)c1. The van der Waals surface area contributed by atoms with Crippen molar-refractivity contribution in [1.82, 2.24) is 20.0 Å². The molecule has 0 spiro atoms. The van der Waals surface area contributed by atoms with Crippen molar-refractivity contribution in [2.24, 2.45) is 0 Å². The molecule has 2 aromatic heterocycles. The van der Waals surface area contributed by atoms with E-state index in [-0.39, 0.29) is 31.3 Å². The highest BCUT2D eigenvalue weighted by molar-refractivity contribution is 5.86. The predicted molar refractivity (Wildman–Crippen MR) is 147 cm³/mol. The van der Waals surface area contributed by atoms with Crippen LogP contribution in [0.25, 0.3) is 11.3 Å². The maximum atomic E-state index is 13.2. The highest BCUT2D eigenvalue weighted by atomic mass is 16.5. The molecular formula is C30H31N5O4. The Balaban J connectivity index is 1.18. The molecule has 39 heavy (non-hydrogen) atoms. The van der Waals surface area contributed by atoms with Crippen molar-refractivity contribution >= 4 is 17.6 Å². The molecule has 1 fully saturated rings. The molecule has 3 heterocycles. The largest absolute Gasteiger partial charge is 0.497 e. The summed E-state index contributed by atoms with van der Waals surface area (Å²) < 4.78 is 10.8. The number of rotatable bonds is 9. The number of anilines is 1. The Labute approximate surface area is 227 Å². The van der Waals surface area contributed by atoms with Crippen molar-refractivity contribution in [3.63, 3.8) is 0 Å². The minimum atomic E-state index is -0.115. The van der Waals surface area contributed by atoms with E-state index >= 15 is 0 Å². The highest BCUT2D eigenvalue weighted by Crippen LogP contribution is 2.23. The highest BCUT2D eigenvalue weighted by Gasteiger charge is 2.26. The van der Waals surface area contributed by atoms with E-state index in [0.717, 1.165) is 28.4 Å². The maximum absolute atomic E-state index is 13.2. The first kappa shape index (κ1) is 26.0. The molecule has 0 bridgehead atoms. The molecular weight excluding hydrogens is 494 g/mol.